The Labute approximate surface area is 105 Å². The Kier molecular flexibility index (Phi) is 4.06. The van der Waals surface area contributed by atoms with Gasteiger partial charge in [-0.05, 0) is 30.5 Å². The van der Waals surface area contributed by atoms with Crippen molar-refractivity contribution in [3.63, 3.8) is 0 Å². The van der Waals surface area contributed by atoms with Crippen molar-refractivity contribution in [2.75, 3.05) is 25.0 Å². The van der Waals surface area contributed by atoms with Gasteiger partial charge in [0.15, 0.2) is 0 Å². The molecule has 17 heavy (non-hydrogen) atoms. The topological polar surface area (TPSA) is 15.3 Å². The van der Waals surface area contributed by atoms with Crippen molar-refractivity contribution in [1.82, 2.24) is 4.90 Å². The molecule has 0 aliphatic carbocycles. The molecule has 2 rings (SSSR count). The smallest absolute Gasteiger partial charge is 0.0373 e. The normalized spacial score (nSPS) is 19.2. The number of fused-ring (bicyclic) bond motifs is 1. The van der Waals surface area contributed by atoms with Crippen LogP contribution in [0.3, 0.4) is 0 Å². The molecular weight excluding hydrogens is 208 g/mol. The van der Waals surface area contributed by atoms with E-state index in [2.05, 4.69) is 55.3 Å². The van der Waals surface area contributed by atoms with E-state index in [1.165, 1.54) is 24.2 Å². The first kappa shape index (κ1) is 12.4. The van der Waals surface area contributed by atoms with Crippen molar-refractivity contribution in [3.05, 3.63) is 29.8 Å². The maximum Gasteiger partial charge on any atom is 0.0373 e. The fraction of sp³-hybridized carbons (Fsp3) is 0.600. The van der Waals surface area contributed by atoms with Crippen molar-refractivity contribution >= 4 is 5.69 Å². The molecule has 2 heteroatoms. The molecule has 0 saturated heterocycles. The average molecular weight is 232 g/mol. The van der Waals surface area contributed by atoms with Crippen LogP contribution in [0.25, 0.3) is 0 Å². The van der Waals surface area contributed by atoms with Gasteiger partial charge in [-0.15, -0.1) is 0 Å². The van der Waals surface area contributed by atoms with Crippen LogP contribution >= 0.6 is 0 Å². The van der Waals surface area contributed by atoms with Crippen LogP contribution in [0.2, 0.25) is 0 Å². The predicted molar refractivity (Wildman–Crippen MR) is 74.5 cm³/mol. The molecule has 2 nitrogen and oxygen atoms in total. The summed E-state index contributed by atoms with van der Waals surface area (Å²) in [5.74, 6) is 0.743. The molecule has 1 heterocycles. The van der Waals surface area contributed by atoms with E-state index < -0.39 is 0 Å². The highest BCUT2D eigenvalue weighted by Gasteiger charge is 2.23. The molecule has 1 aliphatic heterocycles. The SMILES string of the molecule is CCN(CC(C)C)C1CNc2ccccc2C1. The van der Waals surface area contributed by atoms with Gasteiger partial charge in [0.25, 0.3) is 0 Å². The summed E-state index contributed by atoms with van der Waals surface area (Å²) in [4.78, 5) is 2.60. The lowest BCUT2D eigenvalue weighted by Gasteiger charge is -2.36. The van der Waals surface area contributed by atoms with Gasteiger partial charge in [-0.3, -0.25) is 4.90 Å². The van der Waals surface area contributed by atoms with Crippen molar-refractivity contribution < 1.29 is 0 Å². The van der Waals surface area contributed by atoms with Gasteiger partial charge < -0.3 is 5.32 Å². The Balaban J connectivity index is 2.05. The monoisotopic (exact) mass is 232 g/mol. The Morgan fingerprint density at radius 1 is 1.35 bits per heavy atom. The molecule has 0 aromatic heterocycles. The summed E-state index contributed by atoms with van der Waals surface area (Å²) in [6.07, 6.45) is 1.18. The van der Waals surface area contributed by atoms with E-state index >= 15 is 0 Å². The number of nitrogens with zero attached hydrogens (tertiary/aromatic N) is 1. The van der Waals surface area contributed by atoms with E-state index in [0.29, 0.717) is 6.04 Å². The number of likely N-dealkylation sites (N-methyl/N-ethyl adjacent to an activating group) is 1. The van der Waals surface area contributed by atoms with Crippen LogP contribution in [0.15, 0.2) is 24.3 Å². The van der Waals surface area contributed by atoms with Crippen LogP contribution in [-0.4, -0.2) is 30.6 Å². The van der Waals surface area contributed by atoms with Crippen LogP contribution in [0.5, 0.6) is 0 Å². The first-order valence-electron chi connectivity index (χ1n) is 6.76. The van der Waals surface area contributed by atoms with E-state index in [1.807, 2.05) is 0 Å². The number of hydrogen-bond acceptors (Lipinski definition) is 2. The first-order valence-corrected chi connectivity index (χ1v) is 6.76. The molecule has 1 unspecified atom stereocenters. The molecule has 1 atom stereocenters. The summed E-state index contributed by atoms with van der Waals surface area (Å²) < 4.78 is 0. The summed E-state index contributed by atoms with van der Waals surface area (Å²) in [5.41, 5.74) is 2.79. The number of nitrogens with one attached hydrogen (secondary N) is 1. The van der Waals surface area contributed by atoms with Crippen LogP contribution in [0.4, 0.5) is 5.69 Å². The summed E-state index contributed by atoms with van der Waals surface area (Å²) in [5, 5.41) is 3.56. The van der Waals surface area contributed by atoms with Crippen molar-refractivity contribution in [3.8, 4) is 0 Å². The quantitative estimate of drug-likeness (QED) is 0.858. The zero-order valence-electron chi connectivity index (χ0n) is 11.2. The Morgan fingerprint density at radius 3 is 2.82 bits per heavy atom. The molecule has 1 aromatic carbocycles. The zero-order chi connectivity index (χ0) is 12.3. The Morgan fingerprint density at radius 2 is 2.12 bits per heavy atom. The minimum Gasteiger partial charge on any atom is -0.383 e. The van der Waals surface area contributed by atoms with E-state index in [-0.39, 0.29) is 0 Å². The van der Waals surface area contributed by atoms with Crippen LogP contribution in [-0.2, 0) is 6.42 Å². The van der Waals surface area contributed by atoms with Gasteiger partial charge in [0.05, 0.1) is 0 Å². The molecule has 0 bridgehead atoms. The van der Waals surface area contributed by atoms with Gasteiger partial charge in [0.2, 0.25) is 0 Å². The summed E-state index contributed by atoms with van der Waals surface area (Å²) >= 11 is 0. The van der Waals surface area contributed by atoms with Crippen LogP contribution in [0, 0.1) is 5.92 Å². The van der Waals surface area contributed by atoms with Crippen molar-refractivity contribution in [1.29, 1.82) is 0 Å². The number of anilines is 1. The fourth-order valence-corrected chi connectivity index (χ4v) is 2.69. The molecule has 0 amide bonds. The minimum atomic E-state index is 0.650. The van der Waals surface area contributed by atoms with Gasteiger partial charge in [0.1, 0.15) is 0 Å². The molecular formula is C15H24N2. The molecule has 1 aliphatic rings. The molecule has 94 valence electrons. The molecule has 0 fully saturated rings. The van der Waals surface area contributed by atoms with E-state index in [0.717, 1.165) is 19.0 Å². The summed E-state index contributed by atoms with van der Waals surface area (Å²) in [7, 11) is 0. The fourth-order valence-electron chi connectivity index (χ4n) is 2.69. The summed E-state index contributed by atoms with van der Waals surface area (Å²) in [6.45, 7) is 10.3. The number of rotatable bonds is 4. The lowest BCUT2D eigenvalue weighted by molar-refractivity contribution is 0.188. The highest BCUT2D eigenvalue weighted by molar-refractivity contribution is 5.53. The van der Waals surface area contributed by atoms with Gasteiger partial charge in [-0.25, -0.2) is 0 Å². The third-order valence-corrected chi connectivity index (χ3v) is 3.52. The van der Waals surface area contributed by atoms with E-state index in [1.54, 1.807) is 0 Å². The highest BCUT2D eigenvalue weighted by atomic mass is 15.2. The van der Waals surface area contributed by atoms with Gasteiger partial charge in [-0.1, -0.05) is 39.0 Å². The van der Waals surface area contributed by atoms with Crippen LogP contribution in [0.1, 0.15) is 26.3 Å². The van der Waals surface area contributed by atoms with Crippen LogP contribution < -0.4 is 5.32 Å². The van der Waals surface area contributed by atoms with Gasteiger partial charge in [0, 0.05) is 24.8 Å². The molecule has 0 saturated carbocycles. The number of hydrogen-bond donors (Lipinski definition) is 1. The lowest BCUT2D eigenvalue weighted by Crippen LogP contribution is -2.45. The molecule has 1 aromatic rings. The summed E-state index contributed by atoms with van der Waals surface area (Å²) in [6, 6.07) is 9.33. The third-order valence-electron chi connectivity index (χ3n) is 3.52. The maximum atomic E-state index is 3.56. The molecule has 1 N–H and O–H groups in total. The number of para-hydroxylation sites is 1. The zero-order valence-corrected chi connectivity index (χ0v) is 11.2. The second-order valence-corrected chi connectivity index (χ2v) is 5.38. The Hall–Kier alpha value is -1.02. The molecule has 0 radical (unpaired) electrons. The predicted octanol–water partition coefficient (Wildman–Crippen LogP) is 3.00. The lowest BCUT2D eigenvalue weighted by atomic mass is 9.98. The Bertz CT molecular complexity index is 360. The largest absolute Gasteiger partial charge is 0.383 e. The molecule has 0 spiro atoms. The second kappa shape index (κ2) is 5.54. The van der Waals surface area contributed by atoms with Gasteiger partial charge >= 0.3 is 0 Å². The third kappa shape index (κ3) is 3.01. The van der Waals surface area contributed by atoms with E-state index in [9.17, 15) is 0 Å². The van der Waals surface area contributed by atoms with Crippen molar-refractivity contribution in [2.45, 2.75) is 33.2 Å². The number of benzene rings is 1. The minimum absolute atomic E-state index is 0.650. The maximum absolute atomic E-state index is 3.56. The second-order valence-electron chi connectivity index (χ2n) is 5.38. The average Bonchev–Trinajstić information content (AvgIpc) is 2.35. The standard InChI is InChI=1S/C15H24N2/c1-4-17(11-12(2)3)14-9-13-7-5-6-8-15(13)16-10-14/h5-8,12,14,16H,4,9-11H2,1-3H3. The highest BCUT2D eigenvalue weighted by Crippen LogP contribution is 2.23. The first-order chi connectivity index (χ1) is 8.20. The van der Waals surface area contributed by atoms with Crippen molar-refractivity contribution in [2.24, 2.45) is 5.92 Å². The van der Waals surface area contributed by atoms with E-state index in [4.69, 9.17) is 0 Å². The van der Waals surface area contributed by atoms with Gasteiger partial charge in [-0.2, -0.15) is 0 Å².